The summed E-state index contributed by atoms with van der Waals surface area (Å²) in [7, 11) is 0. The van der Waals surface area contributed by atoms with Crippen LogP contribution in [0.4, 0.5) is 0 Å². The predicted molar refractivity (Wildman–Crippen MR) is 124 cm³/mol. The minimum Gasteiger partial charge on any atom is -0.325 e. The van der Waals surface area contributed by atoms with E-state index < -0.39 is 13.4 Å². The smallest absolute Gasteiger partial charge is 0.319 e. The Morgan fingerprint density at radius 1 is 0.621 bits per heavy atom. The zero-order chi connectivity index (χ0) is 21.9. The Bertz CT molecular complexity index is 518. The van der Waals surface area contributed by atoms with Gasteiger partial charge in [0, 0.05) is 19.5 Å². The van der Waals surface area contributed by atoms with E-state index in [1.807, 2.05) is 0 Å². The van der Waals surface area contributed by atoms with Crippen LogP contribution in [0.15, 0.2) is 30.3 Å². The molecule has 6 nitrogen and oxygen atoms in total. The van der Waals surface area contributed by atoms with Crippen molar-refractivity contribution in [1.82, 2.24) is 0 Å². The standard InChI is InChI=1S/C18H30.2H3O3PS.Zn/c1-2-3-4-5-6-7-8-9-10-12-15-18-16-13-11-14-17-18;2*1-4(2,3)5;/h11,13-14,16-17H,2-10,12,15H2,1H3;2*(H3,1,2,3,5);. The van der Waals surface area contributed by atoms with Gasteiger partial charge in [0.1, 0.15) is 0 Å². The van der Waals surface area contributed by atoms with Gasteiger partial charge in [0.15, 0.2) is 0 Å². The van der Waals surface area contributed by atoms with Gasteiger partial charge >= 0.3 is 13.4 Å². The maximum Gasteiger partial charge on any atom is 0.319 e. The van der Waals surface area contributed by atoms with Crippen LogP contribution in [0.3, 0.4) is 0 Å². The van der Waals surface area contributed by atoms with Crippen LogP contribution in [0.25, 0.3) is 0 Å². The fraction of sp³-hybridized carbons (Fsp3) is 0.667. The zero-order valence-electron chi connectivity index (χ0n) is 17.3. The second-order valence-corrected chi connectivity index (χ2v) is 11.4. The summed E-state index contributed by atoms with van der Waals surface area (Å²) < 4.78 is 0. The fourth-order valence-corrected chi connectivity index (χ4v) is 2.46. The summed E-state index contributed by atoms with van der Waals surface area (Å²) in [5.74, 6) is 0. The maximum atomic E-state index is 7.56. The molecule has 0 aliphatic heterocycles. The van der Waals surface area contributed by atoms with Gasteiger partial charge in [-0.3, -0.25) is 0 Å². The Kier molecular flexibility index (Phi) is 26.3. The number of benzene rings is 1. The number of rotatable bonds is 11. The van der Waals surface area contributed by atoms with Crippen LogP contribution in [-0.2, 0) is 49.5 Å². The first kappa shape index (κ1) is 34.5. The molecule has 168 valence electrons. The van der Waals surface area contributed by atoms with Crippen LogP contribution in [0, 0.1) is 0 Å². The molecule has 1 aromatic carbocycles. The van der Waals surface area contributed by atoms with Gasteiger partial charge in [-0.05, 0) is 42.0 Å². The second kappa shape index (κ2) is 22.1. The number of hydrogen-bond acceptors (Lipinski definition) is 2. The summed E-state index contributed by atoms with van der Waals surface area (Å²) in [5.41, 5.74) is 1.50. The molecule has 0 atom stereocenters. The van der Waals surface area contributed by atoms with Crippen LogP contribution >= 0.6 is 13.4 Å². The third-order valence-electron chi connectivity index (χ3n) is 3.66. The summed E-state index contributed by atoms with van der Waals surface area (Å²) in [6.07, 6.45) is 15.5. The molecule has 0 amide bonds. The van der Waals surface area contributed by atoms with Gasteiger partial charge in [-0.2, -0.15) is 0 Å². The molecule has 0 radical (unpaired) electrons. The van der Waals surface area contributed by atoms with E-state index in [2.05, 4.69) is 60.9 Å². The summed E-state index contributed by atoms with van der Waals surface area (Å²) in [6, 6.07) is 10.9. The minimum absolute atomic E-state index is 0. The molecular formula is C18H36O6P2S2Zn. The number of unbranched alkanes of at least 4 members (excludes halogenated alkanes) is 9. The summed E-state index contributed by atoms with van der Waals surface area (Å²) in [4.78, 5) is 45.3. The van der Waals surface area contributed by atoms with Crippen LogP contribution in [-0.4, -0.2) is 29.4 Å². The van der Waals surface area contributed by atoms with E-state index in [1.54, 1.807) is 0 Å². The summed E-state index contributed by atoms with van der Waals surface area (Å²) in [6.45, 7) is -5.33. The minimum atomic E-state index is -3.81. The van der Waals surface area contributed by atoms with Crippen molar-refractivity contribution in [2.24, 2.45) is 0 Å². The molecule has 0 aliphatic carbocycles. The van der Waals surface area contributed by atoms with Gasteiger partial charge < -0.3 is 29.4 Å². The molecule has 1 aromatic rings. The largest absolute Gasteiger partial charge is 0.325 e. The molecule has 0 saturated heterocycles. The third kappa shape index (κ3) is 47.9. The molecule has 0 aliphatic rings. The van der Waals surface area contributed by atoms with E-state index >= 15 is 0 Å². The van der Waals surface area contributed by atoms with E-state index in [1.165, 1.54) is 76.2 Å². The Morgan fingerprint density at radius 3 is 1.28 bits per heavy atom. The Balaban J connectivity index is -0.000000512. The molecule has 0 aromatic heterocycles. The van der Waals surface area contributed by atoms with Gasteiger partial charge in [-0.15, -0.1) is 0 Å². The van der Waals surface area contributed by atoms with Crippen LogP contribution < -0.4 is 0 Å². The van der Waals surface area contributed by atoms with E-state index in [0.717, 1.165) is 0 Å². The fourth-order valence-electron chi connectivity index (χ4n) is 2.46. The summed E-state index contributed by atoms with van der Waals surface area (Å²) >= 11 is 7.21. The quantitative estimate of drug-likeness (QED) is 0.138. The second-order valence-electron chi connectivity index (χ2n) is 6.44. The van der Waals surface area contributed by atoms with Crippen LogP contribution in [0.5, 0.6) is 0 Å². The van der Waals surface area contributed by atoms with Gasteiger partial charge in [-0.1, -0.05) is 95.0 Å². The first-order valence-electron chi connectivity index (χ1n) is 9.54. The first-order chi connectivity index (χ1) is 12.9. The van der Waals surface area contributed by atoms with Crippen molar-refractivity contribution < 1.29 is 48.8 Å². The maximum absolute atomic E-state index is 7.56. The zero-order valence-corrected chi connectivity index (χ0v) is 23.7. The van der Waals surface area contributed by atoms with Gasteiger partial charge in [-0.25, -0.2) is 0 Å². The molecule has 0 heterocycles. The topological polar surface area (TPSA) is 121 Å². The average Bonchev–Trinajstić information content (AvgIpc) is 2.54. The molecule has 0 unspecified atom stereocenters. The van der Waals surface area contributed by atoms with Crippen molar-refractivity contribution in [3.63, 3.8) is 0 Å². The first-order valence-corrected chi connectivity index (χ1v) is 14.9. The molecule has 0 saturated carbocycles. The van der Waals surface area contributed by atoms with E-state index in [4.69, 9.17) is 29.4 Å². The molecule has 0 spiro atoms. The molecule has 11 heteroatoms. The monoisotopic (exact) mass is 538 g/mol. The molecule has 0 bridgehead atoms. The Hall–Kier alpha value is 0.903. The van der Waals surface area contributed by atoms with Crippen molar-refractivity contribution in [2.75, 3.05) is 0 Å². The van der Waals surface area contributed by atoms with E-state index in [0.29, 0.717) is 0 Å². The Morgan fingerprint density at radius 2 is 0.931 bits per heavy atom. The van der Waals surface area contributed by atoms with Crippen molar-refractivity contribution in [3.05, 3.63) is 35.9 Å². The van der Waals surface area contributed by atoms with Crippen LogP contribution in [0.2, 0.25) is 0 Å². The van der Waals surface area contributed by atoms with Gasteiger partial charge in [0.05, 0.1) is 0 Å². The number of hydrogen-bond donors (Lipinski definition) is 6. The molecule has 6 N–H and O–H groups in total. The normalized spacial score (nSPS) is 10.7. The number of aryl methyl sites for hydroxylation is 1. The van der Waals surface area contributed by atoms with Crippen molar-refractivity contribution >= 4 is 37.1 Å². The molecular weight excluding hydrogens is 504 g/mol. The summed E-state index contributed by atoms with van der Waals surface area (Å²) in [5, 5.41) is 0. The molecule has 0 fully saturated rings. The Labute approximate surface area is 198 Å². The van der Waals surface area contributed by atoms with Crippen LogP contribution in [0.1, 0.15) is 76.7 Å². The van der Waals surface area contributed by atoms with Gasteiger partial charge in [0.25, 0.3) is 0 Å². The predicted octanol–water partition coefficient (Wildman–Crippen LogP) is 4.52. The molecule has 1 rings (SSSR count). The van der Waals surface area contributed by atoms with Gasteiger partial charge in [0.2, 0.25) is 0 Å². The third-order valence-corrected chi connectivity index (χ3v) is 3.66. The van der Waals surface area contributed by atoms with Crippen molar-refractivity contribution in [1.29, 1.82) is 0 Å². The van der Waals surface area contributed by atoms with Crippen molar-refractivity contribution in [2.45, 2.75) is 77.6 Å². The molecule has 29 heavy (non-hydrogen) atoms. The van der Waals surface area contributed by atoms with Crippen molar-refractivity contribution in [3.8, 4) is 0 Å². The van der Waals surface area contributed by atoms with E-state index in [-0.39, 0.29) is 19.5 Å². The van der Waals surface area contributed by atoms with E-state index in [9.17, 15) is 0 Å². The average molecular weight is 540 g/mol. The SMILES string of the molecule is CCCCCCCCCCCCc1ccccc1.OP(O)(O)=S.OP(O)(O)=S.[Zn].